The standard InChI is InChI=1S/C46H59F2N7O4Si/c1-27(2)60(28(3)4,29(5)6)18-14-37-38-30(13-16-49-37)19-34(56)20-35(38)40-39(48)41-36(22-50-40)42(52-43(51-41)58-26-46-15-10-17-54(46)23-31(47)21-46)53-24-32-11-12-33(25-53)55(32)44(57)59-45(7,8)9/h13,16,19-20,22,27-29,31-33,56H,10-12,15,17,21,23-26H2,1-9H3/t31-,32?,33?,46+/m1/s1. The third-order valence-electron chi connectivity index (χ3n) is 13.6. The average molecular weight is 840 g/mol. The maximum atomic E-state index is 17.6. The van der Waals surface area contributed by atoms with E-state index in [-0.39, 0.29) is 47.8 Å². The molecule has 60 heavy (non-hydrogen) atoms. The third-order valence-corrected chi connectivity index (χ3v) is 19.9. The van der Waals surface area contributed by atoms with Gasteiger partial charge in [0, 0.05) is 49.4 Å². The minimum Gasteiger partial charge on any atom is -0.508 e. The van der Waals surface area contributed by atoms with Gasteiger partial charge in [-0.2, -0.15) is 9.97 Å². The number of piperazine rings is 1. The van der Waals surface area contributed by atoms with Gasteiger partial charge in [0.15, 0.2) is 5.82 Å². The first-order valence-corrected chi connectivity index (χ1v) is 23.9. The molecule has 3 aromatic heterocycles. The van der Waals surface area contributed by atoms with Crippen LogP contribution in [0.5, 0.6) is 11.8 Å². The number of hydrogen-bond donors (Lipinski definition) is 1. The highest BCUT2D eigenvalue weighted by molar-refractivity contribution is 6.90. The van der Waals surface area contributed by atoms with Crippen LogP contribution in [0.25, 0.3) is 32.9 Å². The van der Waals surface area contributed by atoms with Crippen molar-refractivity contribution in [2.75, 3.05) is 37.7 Å². The van der Waals surface area contributed by atoms with Crippen molar-refractivity contribution in [3.05, 3.63) is 42.1 Å². The van der Waals surface area contributed by atoms with Crippen LogP contribution in [0.3, 0.4) is 0 Å². The number of alkyl halides is 1. The summed E-state index contributed by atoms with van der Waals surface area (Å²) in [4.78, 5) is 38.6. The Bertz CT molecular complexity index is 2340. The number of benzene rings is 1. The molecular formula is C46H59F2N7O4Si. The minimum absolute atomic E-state index is 0.00894. The Morgan fingerprint density at radius 1 is 1.03 bits per heavy atom. The van der Waals surface area contributed by atoms with Crippen LogP contribution in [-0.2, 0) is 4.74 Å². The van der Waals surface area contributed by atoms with E-state index in [9.17, 15) is 14.3 Å². The molecule has 0 spiro atoms. The Balaban J connectivity index is 1.25. The summed E-state index contributed by atoms with van der Waals surface area (Å²) in [7, 11) is -2.17. The number of phenolic OH excluding ortho intramolecular Hbond substituents is 1. The number of halogens is 2. The van der Waals surface area contributed by atoms with Crippen LogP contribution in [-0.4, -0.2) is 111 Å². The van der Waals surface area contributed by atoms with E-state index in [0.29, 0.717) is 75.9 Å². The van der Waals surface area contributed by atoms with Crippen molar-refractivity contribution in [2.24, 2.45) is 0 Å². The molecule has 4 aromatic rings. The molecule has 7 heterocycles. The Morgan fingerprint density at radius 2 is 1.73 bits per heavy atom. The van der Waals surface area contributed by atoms with E-state index in [0.717, 1.165) is 32.2 Å². The predicted molar refractivity (Wildman–Crippen MR) is 233 cm³/mol. The molecule has 320 valence electrons. The molecule has 0 saturated carbocycles. The number of hydrogen-bond acceptors (Lipinski definition) is 10. The van der Waals surface area contributed by atoms with Gasteiger partial charge in [-0.1, -0.05) is 47.5 Å². The van der Waals surface area contributed by atoms with Crippen LogP contribution in [0, 0.1) is 17.3 Å². The molecule has 4 atom stereocenters. The molecule has 4 saturated heterocycles. The summed E-state index contributed by atoms with van der Waals surface area (Å²) in [6, 6.07) is 4.66. The van der Waals surface area contributed by atoms with E-state index in [1.165, 1.54) is 6.07 Å². The number of amides is 1. The number of carbonyl (C=O) groups excluding carboxylic acids is 1. The molecule has 11 nitrogen and oxygen atoms in total. The number of fused-ring (bicyclic) bond motifs is 5. The quantitative estimate of drug-likeness (QED) is 0.136. The zero-order chi connectivity index (χ0) is 42.9. The largest absolute Gasteiger partial charge is 0.508 e. The number of aromatic nitrogens is 4. The molecule has 2 unspecified atom stereocenters. The first kappa shape index (κ1) is 42.1. The van der Waals surface area contributed by atoms with Gasteiger partial charge in [-0.25, -0.2) is 18.6 Å². The molecule has 2 bridgehead atoms. The summed E-state index contributed by atoms with van der Waals surface area (Å²) < 4.78 is 44.5. The van der Waals surface area contributed by atoms with E-state index in [1.54, 1.807) is 24.5 Å². The number of ether oxygens (including phenoxy) is 2. The molecule has 1 N–H and O–H groups in total. The molecule has 4 aliphatic heterocycles. The van der Waals surface area contributed by atoms with E-state index in [4.69, 9.17) is 29.4 Å². The fraction of sp³-hybridized carbons (Fsp3) is 0.587. The molecule has 8 rings (SSSR count). The van der Waals surface area contributed by atoms with E-state index >= 15 is 4.39 Å². The highest BCUT2D eigenvalue weighted by atomic mass is 28.3. The fourth-order valence-corrected chi connectivity index (χ4v) is 16.2. The molecule has 0 radical (unpaired) electrons. The smallest absolute Gasteiger partial charge is 0.410 e. The van der Waals surface area contributed by atoms with Crippen molar-refractivity contribution < 1.29 is 28.2 Å². The summed E-state index contributed by atoms with van der Waals surface area (Å²) in [5, 5.41) is 12.7. The van der Waals surface area contributed by atoms with Crippen LogP contribution in [0.2, 0.25) is 16.6 Å². The summed E-state index contributed by atoms with van der Waals surface area (Å²) in [5.74, 6) is 3.18. The van der Waals surface area contributed by atoms with Gasteiger partial charge in [0.25, 0.3) is 0 Å². The summed E-state index contributed by atoms with van der Waals surface area (Å²) in [5.41, 5.74) is 4.69. The molecule has 14 heteroatoms. The molecule has 4 aliphatic rings. The predicted octanol–water partition coefficient (Wildman–Crippen LogP) is 9.20. The maximum absolute atomic E-state index is 17.6. The number of aromatic hydroxyl groups is 1. The number of pyridine rings is 2. The second-order valence-corrected chi connectivity index (χ2v) is 25.0. The van der Waals surface area contributed by atoms with E-state index < -0.39 is 31.2 Å². The van der Waals surface area contributed by atoms with Gasteiger partial charge < -0.3 is 19.5 Å². The summed E-state index contributed by atoms with van der Waals surface area (Å²) >= 11 is 0. The first-order valence-electron chi connectivity index (χ1n) is 21.7. The fourth-order valence-electron chi connectivity index (χ4n) is 11.0. The number of nitrogens with zero attached hydrogens (tertiary/aromatic N) is 7. The van der Waals surface area contributed by atoms with Gasteiger partial charge in [-0.05, 0) is 93.2 Å². The third kappa shape index (κ3) is 7.43. The molecule has 1 amide bonds. The Kier molecular flexibility index (Phi) is 11.0. The molecule has 4 fully saturated rings. The molecular weight excluding hydrogens is 781 g/mol. The van der Waals surface area contributed by atoms with Crippen LogP contribution in [0.1, 0.15) is 100 Å². The van der Waals surface area contributed by atoms with Crippen molar-refractivity contribution in [2.45, 2.75) is 140 Å². The van der Waals surface area contributed by atoms with Crippen LogP contribution in [0.15, 0.2) is 30.6 Å². The lowest BCUT2D eigenvalue weighted by molar-refractivity contribution is 0.0122. The number of carbonyl (C=O) groups is 1. The molecule has 0 aliphatic carbocycles. The zero-order valence-electron chi connectivity index (χ0n) is 36.5. The second-order valence-electron chi connectivity index (χ2n) is 19.5. The number of rotatable bonds is 8. The lowest BCUT2D eigenvalue weighted by atomic mass is 9.95. The highest BCUT2D eigenvalue weighted by Gasteiger charge is 2.50. The normalized spacial score (nSPS) is 23.3. The Morgan fingerprint density at radius 3 is 2.40 bits per heavy atom. The monoisotopic (exact) mass is 839 g/mol. The second kappa shape index (κ2) is 15.7. The minimum atomic E-state index is -2.17. The summed E-state index contributed by atoms with van der Waals surface area (Å²) in [6.07, 6.45) is 5.68. The zero-order valence-corrected chi connectivity index (χ0v) is 37.5. The maximum Gasteiger partial charge on any atom is 0.410 e. The van der Waals surface area contributed by atoms with Crippen LogP contribution >= 0.6 is 0 Å². The van der Waals surface area contributed by atoms with Crippen molar-refractivity contribution in [1.29, 1.82) is 0 Å². The Labute approximate surface area is 353 Å². The number of anilines is 1. The van der Waals surface area contributed by atoms with Crippen molar-refractivity contribution in [3.8, 4) is 34.5 Å². The lowest BCUT2D eigenvalue weighted by Crippen LogP contribution is -2.57. The van der Waals surface area contributed by atoms with Gasteiger partial charge >= 0.3 is 12.1 Å². The topological polar surface area (TPSA) is 117 Å². The SMILES string of the molecule is CC(C)[Si](C#Cc1nccc2cc(O)cc(-c3ncc4c(N5CC6CCC(C5)N6C(=O)OC(C)(C)C)nc(OC[C@@]56CCCN5C[C@H](F)C6)nc4c3F)c12)(C(C)C)C(C)C. The van der Waals surface area contributed by atoms with Gasteiger partial charge in [0.1, 0.15) is 54.9 Å². The van der Waals surface area contributed by atoms with Gasteiger partial charge in [0.2, 0.25) is 0 Å². The van der Waals surface area contributed by atoms with E-state index in [2.05, 4.69) is 62.8 Å². The summed E-state index contributed by atoms with van der Waals surface area (Å²) in [6.45, 7) is 21.4. The van der Waals surface area contributed by atoms with Gasteiger partial charge in [-0.3, -0.25) is 14.8 Å². The Hall–Kier alpha value is -4.61. The first-order chi connectivity index (χ1) is 28.4. The van der Waals surface area contributed by atoms with Crippen LogP contribution in [0.4, 0.5) is 19.4 Å². The molecule has 1 aromatic carbocycles. The van der Waals surface area contributed by atoms with Gasteiger partial charge in [-0.15, -0.1) is 5.54 Å². The van der Waals surface area contributed by atoms with Gasteiger partial charge in [0.05, 0.1) is 23.0 Å². The van der Waals surface area contributed by atoms with Crippen molar-refractivity contribution >= 4 is 41.7 Å². The van der Waals surface area contributed by atoms with Crippen molar-refractivity contribution in [1.82, 2.24) is 29.7 Å². The highest BCUT2D eigenvalue weighted by Crippen LogP contribution is 2.44. The van der Waals surface area contributed by atoms with E-state index in [1.807, 2.05) is 25.7 Å². The number of phenols is 1. The van der Waals surface area contributed by atoms with Crippen molar-refractivity contribution in [3.63, 3.8) is 0 Å². The lowest BCUT2D eigenvalue weighted by Gasteiger charge is -2.42. The average Bonchev–Trinajstić information content (AvgIpc) is 3.79. The van der Waals surface area contributed by atoms with Crippen LogP contribution < -0.4 is 9.64 Å².